The number of nitrogens with one attached hydrogen (secondary N) is 1. The summed E-state index contributed by atoms with van der Waals surface area (Å²) in [5, 5.41) is 7.54. The van der Waals surface area contributed by atoms with Crippen LogP contribution >= 0.6 is 0 Å². The number of hydrogen-bond donors (Lipinski definition) is 1. The van der Waals surface area contributed by atoms with Gasteiger partial charge in [0.15, 0.2) is 0 Å². The molecule has 5 nitrogen and oxygen atoms in total. The molecule has 0 saturated carbocycles. The second-order valence-electron chi connectivity index (χ2n) is 4.87. The lowest BCUT2D eigenvalue weighted by Crippen LogP contribution is -2.18. The molecule has 1 N–H and O–H groups in total. The fourth-order valence-corrected chi connectivity index (χ4v) is 1.80. The van der Waals surface area contributed by atoms with Crippen LogP contribution in [-0.4, -0.2) is 14.8 Å². The Morgan fingerprint density at radius 1 is 1.33 bits per heavy atom. The van der Waals surface area contributed by atoms with E-state index in [1.807, 2.05) is 23.7 Å². The molecule has 0 radical (unpaired) electrons. The van der Waals surface area contributed by atoms with Crippen molar-refractivity contribution < 1.29 is 4.42 Å². The third kappa shape index (κ3) is 3.43. The van der Waals surface area contributed by atoms with Crippen molar-refractivity contribution in [2.45, 2.75) is 40.4 Å². The summed E-state index contributed by atoms with van der Waals surface area (Å²) in [6.45, 7) is 8.60. The van der Waals surface area contributed by atoms with E-state index in [-0.39, 0.29) is 0 Å². The van der Waals surface area contributed by atoms with Gasteiger partial charge in [0.1, 0.15) is 23.7 Å². The van der Waals surface area contributed by atoms with Gasteiger partial charge >= 0.3 is 0 Å². The lowest BCUT2D eigenvalue weighted by Gasteiger charge is -2.08. The molecule has 0 aliphatic rings. The van der Waals surface area contributed by atoms with Crippen molar-refractivity contribution in [2.24, 2.45) is 5.92 Å². The summed E-state index contributed by atoms with van der Waals surface area (Å²) in [7, 11) is 0. The van der Waals surface area contributed by atoms with Crippen LogP contribution in [0.5, 0.6) is 0 Å². The first kappa shape index (κ1) is 12.8. The zero-order chi connectivity index (χ0) is 13.0. The van der Waals surface area contributed by atoms with E-state index in [2.05, 4.69) is 29.2 Å². The molecule has 98 valence electrons. The van der Waals surface area contributed by atoms with Crippen molar-refractivity contribution in [1.82, 2.24) is 20.1 Å². The fraction of sp³-hybridized carbons (Fsp3) is 0.538. The van der Waals surface area contributed by atoms with Gasteiger partial charge < -0.3 is 9.73 Å². The highest BCUT2D eigenvalue weighted by molar-refractivity contribution is 5.05. The van der Waals surface area contributed by atoms with Crippen LogP contribution in [-0.2, 0) is 19.6 Å². The minimum Gasteiger partial charge on any atom is -0.465 e. The highest BCUT2D eigenvalue weighted by Gasteiger charge is 2.06. The van der Waals surface area contributed by atoms with Crippen molar-refractivity contribution in [3.63, 3.8) is 0 Å². The largest absolute Gasteiger partial charge is 0.465 e. The van der Waals surface area contributed by atoms with Crippen LogP contribution in [0.15, 0.2) is 22.9 Å². The predicted octanol–water partition coefficient (Wildman–Crippen LogP) is 2.13. The van der Waals surface area contributed by atoms with E-state index in [1.165, 1.54) is 0 Å². The Morgan fingerprint density at radius 2 is 2.17 bits per heavy atom. The molecule has 0 aromatic carbocycles. The molecule has 0 unspecified atom stereocenters. The molecule has 2 aromatic heterocycles. The van der Waals surface area contributed by atoms with Crippen LogP contribution in [0.3, 0.4) is 0 Å². The number of nitrogens with zero attached hydrogens (tertiary/aromatic N) is 3. The average molecular weight is 248 g/mol. The van der Waals surface area contributed by atoms with Gasteiger partial charge in [-0.1, -0.05) is 13.8 Å². The van der Waals surface area contributed by atoms with Crippen LogP contribution < -0.4 is 5.32 Å². The van der Waals surface area contributed by atoms with Gasteiger partial charge in [-0.3, -0.25) is 0 Å². The topological polar surface area (TPSA) is 55.9 Å². The molecule has 0 bridgehead atoms. The summed E-state index contributed by atoms with van der Waals surface area (Å²) in [6, 6.07) is 3.96. The quantitative estimate of drug-likeness (QED) is 0.850. The monoisotopic (exact) mass is 248 g/mol. The first-order valence-corrected chi connectivity index (χ1v) is 6.28. The van der Waals surface area contributed by atoms with Gasteiger partial charge in [-0.25, -0.2) is 9.67 Å². The maximum atomic E-state index is 5.49. The SMILES string of the molecule is Cc1ccc(CNCc2ncnn2CC(C)C)o1. The third-order valence-corrected chi connectivity index (χ3v) is 2.61. The number of rotatable bonds is 6. The first-order valence-electron chi connectivity index (χ1n) is 6.28. The van der Waals surface area contributed by atoms with E-state index >= 15 is 0 Å². The summed E-state index contributed by atoms with van der Waals surface area (Å²) in [5.41, 5.74) is 0. The van der Waals surface area contributed by atoms with Crippen molar-refractivity contribution >= 4 is 0 Å². The predicted molar refractivity (Wildman–Crippen MR) is 68.8 cm³/mol. The molecule has 0 spiro atoms. The average Bonchev–Trinajstić information content (AvgIpc) is 2.88. The molecule has 18 heavy (non-hydrogen) atoms. The maximum Gasteiger partial charge on any atom is 0.140 e. The summed E-state index contributed by atoms with van der Waals surface area (Å²) in [4.78, 5) is 4.26. The van der Waals surface area contributed by atoms with Crippen LogP contribution in [0, 0.1) is 12.8 Å². The summed E-state index contributed by atoms with van der Waals surface area (Å²) in [5.74, 6) is 3.42. The Balaban J connectivity index is 1.84. The van der Waals surface area contributed by atoms with Crippen molar-refractivity contribution in [2.75, 3.05) is 0 Å². The Bertz CT molecular complexity index is 487. The Labute approximate surface area is 107 Å². The molecule has 2 heterocycles. The van der Waals surface area contributed by atoms with Gasteiger partial charge in [0.25, 0.3) is 0 Å². The van der Waals surface area contributed by atoms with E-state index in [4.69, 9.17) is 4.42 Å². The van der Waals surface area contributed by atoms with Crippen LogP contribution in [0.1, 0.15) is 31.2 Å². The second kappa shape index (κ2) is 5.82. The van der Waals surface area contributed by atoms with Gasteiger partial charge in [0.2, 0.25) is 0 Å². The standard InChI is InChI=1S/C13H20N4O/c1-10(2)8-17-13(15-9-16-17)7-14-6-12-5-4-11(3)18-12/h4-5,9-10,14H,6-8H2,1-3H3. The van der Waals surface area contributed by atoms with Crippen molar-refractivity contribution in [3.05, 3.63) is 35.8 Å². The summed E-state index contributed by atoms with van der Waals surface area (Å²) in [6.07, 6.45) is 1.61. The van der Waals surface area contributed by atoms with Gasteiger partial charge in [0.05, 0.1) is 13.1 Å². The third-order valence-electron chi connectivity index (χ3n) is 2.61. The van der Waals surface area contributed by atoms with E-state index in [0.29, 0.717) is 19.0 Å². The molecule has 0 amide bonds. The van der Waals surface area contributed by atoms with Gasteiger partial charge in [-0.15, -0.1) is 0 Å². The minimum absolute atomic E-state index is 0.568. The van der Waals surface area contributed by atoms with Crippen LogP contribution in [0.2, 0.25) is 0 Å². The smallest absolute Gasteiger partial charge is 0.140 e. The molecule has 0 aliphatic heterocycles. The number of furan rings is 1. The van der Waals surface area contributed by atoms with Crippen LogP contribution in [0.4, 0.5) is 0 Å². The lowest BCUT2D eigenvalue weighted by atomic mass is 10.2. The summed E-state index contributed by atoms with van der Waals surface area (Å²) >= 11 is 0. The lowest BCUT2D eigenvalue weighted by molar-refractivity contribution is 0.439. The van der Waals surface area contributed by atoms with E-state index < -0.39 is 0 Å². The molecule has 0 saturated heterocycles. The van der Waals surface area contributed by atoms with Gasteiger partial charge in [-0.05, 0) is 25.0 Å². The van der Waals surface area contributed by atoms with E-state index in [1.54, 1.807) is 6.33 Å². The van der Waals surface area contributed by atoms with Gasteiger partial charge in [0, 0.05) is 6.54 Å². The Hall–Kier alpha value is -1.62. The molecule has 2 rings (SSSR count). The summed E-state index contributed by atoms with van der Waals surface area (Å²) < 4.78 is 7.44. The van der Waals surface area contributed by atoms with Crippen molar-refractivity contribution in [1.29, 1.82) is 0 Å². The number of hydrogen-bond acceptors (Lipinski definition) is 4. The fourth-order valence-electron chi connectivity index (χ4n) is 1.80. The highest BCUT2D eigenvalue weighted by Crippen LogP contribution is 2.06. The Kier molecular flexibility index (Phi) is 4.15. The normalized spacial score (nSPS) is 11.3. The van der Waals surface area contributed by atoms with E-state index in [9.17, 15) is 0 Å². The zero-order valence-electron chi connectivity index (χ0n) is 11.2. The molecule has 0 aliphatic carbocycles. The molecule has 0 fully saturated rings. The van der Waals surface area contributed by atoms with E-state index in [0.717, 1.165) is 23.9 Å². The molecular formula is C13H20N4O. The second-order valence-corrected chi connectivity index (χ2v) is 4.87. The molecular weight excluding hydrogens is 228 g/mol. The van der Waals surface area contributed by atoms with Gasteiger partial charge in [-0.2, -0.15) is 5.10 Å². The van der Waals surface area contributed by atoms with Crippen molar-refractivity contribution in [3.8, 4) is 0 Å². The Morgan fingerprint density at radius 3 is 2.83 bits per heavy atom. The van der Waals surface area contributed by atoms with Crippen LogP contribution in [0.25, 0.3) is 0 Å². The highest BCUT2D eigenvalue weighted by atomic mass is 16.3. The molecule has 2 aromatic rings. The molecule has 0 atom stereocenters. The molecule has 5 heteroatoms. The maximum absolute atomic E-state index is 5.49. The number of aryl methyl sites for hydroxylation is 1. The first-order chi connectivity index (χ1) is 8.65. The number of aromatic nitrogens is 3. The minimum atomic E-state index is 0.568. The zero-order valence-corrected chi connectivity index (χ0v) is 11.2.